The molecule has 1 unspecified atom stereocenters. The van der Waals surface area contributed by atoms with Crippen LogP contribution >= 0.6 is 11.3 Å². The van der Waals surface area contributed by atoms with Crippen molar-refractivity contribution in [3.63, 3.8) is 0 Å². The molecule has 2 aromatic heterocycles. The van der Waals surface area contributed by atoms with Gasteiger partial charge in [0.1, 0.15) is 12.4 Å². The van der Waals surface area contributed by atoms with Crippen LogP contribution in [0.1, 0.15) is 51.3 Å². The molecule has 0 bridgehead atoms. The van der Waals surface area contributed by atoms with Crippen LogP contribution in [0, 0.1) is 6.92 Å². The molecule has 1 amide bonds. The first kappa shape index (κ1) is 19.8. The molecule has 0 radical (unpaired) electrons. The smallest absolute Gasteiger partial charge is 0.276 e. The molecule has 1 atom stereocenters. The number of carbonyl (C=O) groups excluding carboxylic acids is 1. The zero-order valence-corrected chi connectivity index (χ0v) is 18.3. The molecule has 0 saturated heterocycles. The first-order valence-corrected chi connectivity index (χ1v) is 11.2. The van der Waals surface area contributed by atoms with E-state index in [1.54, 1.807) is 22.3 Å². The van der Waals surface area contributed by atoms with Crippen molar-refractivity contribution in [2.45, 2.75) is 38.8 Å². The van der Waals surface area contributed by atoms with Gasteiger partial charge < -0.3 is 14.2 Å². The number of thiazole rings is 1. The largest absolute Gasteiger partial charge is 0.485 e. The maximum absolute atomic E-state index is 13.0. The van der Waals surface area contributed by atoms with E-state index < -0.39 is 0 Å². The van der Waals surface area contributed by atoms with E-state index in [0.29, 0.717) is 17.2 Å². The lowest BCUT2D eigenvalue weighted by Crippen LogP contribution is -2.33. The van der Waals surface area contributed by atoms with Crippen molar-refractivity contribution in [3.05, 3.63) is 76.1 Å². The molecule has 4 aromatic rings. The number of aromatic nitrogens is 2. The van der Waals surface area contributed by atoms with Crippen molar-refractivity contribution in [1.29, 1.82) is 0 Å². The highest BCUT2D eigenvalue weighted by atomic mass is 32.1. The third kappa shape index (κ3) is 3.93. The van der Waals surface area contributed by atoms with Gasteiger partial charge in [0.05, 0.1) is 21.3 Å². The molecule has 0 saturated carbocycles. The summed E-state index contributed by atoms with van der Waals surface area (Å²) < 4.78 is 12.3. The van der Waals surface area contributed by atoms with Crippen LogP contribution < -0.4 is 4.74 Å². The summed E-state index contributed by atoms with van der Waals surface area (Å²) in [5.41, 5.74) is 3.77. The number of aryl methyl sites for hydroxylation is 2. The van der Waals surface area contributed by atoms with Crippen LogP contribution in [0.15, 0.2) is 53.1 Å². The van der Waals surface area contributed by atoms with Gasteiger partial charge in [0, 0.05) is 19.2 Å². The van der Waals surface area contributed by atoms with E-state index in [0.717, 1.165) is 34.5 Å². The maximum atomic E-state index is 13.0. The van der Waals surface area contributed by atoms with Crippen molar-refractivity contribution in [2.24, 2.45) is 0 Å². The molecule has 158 valence electrons. The molecule has 1 aliphatic carbocycles. The Balaban J connectivity index is 1.27. The van der Waals surface area contributed by atoms with Gasteiger partial charge in [0.2, 0.25) is 0 Å². The number of nitrogens with zero attached hydrogens (tertiary/aromatic N) is 3. The predicted molar refractivity (Wildman–Crippen MR) is 119 cm³/mol. The third-order valence-corrected chi connectivity index (χ3v) is 6.70. The summed E-state index contributed by atoms with van der Waals surface area (Å²) in [5, 5.41) is 5.02. The molecule has 31 heavy (non-hydrogen) atoms. The molecule has 1 aliphatic rings. The Morgan fingerprint density at radius 3 is 3.03 bits per heavy atom. The van der Waals surface area contributed by atoms with Crippen LogP contribution in [0.2, 0.25) is 0 Å². The SMILES string of the molecule is Cc1nc2cc(OCc3cc(C(=O)N(C)C4CCCc5ccccc54)no3)ccc2s1. The van der Waals surface area contributed by atoms with Crippen molar-refractivity contribution in [3.8, 4) is 5.75 Å². The number of fused-ring (bicyclic) bond motifs is 2. The number of hydrogen-bond donors (Lipinski definition) is 0. The maximum Gasteiger partial charge on any atom is 0.276 e. The van der Waals surface area contributed by atoms with E-state index in [4.69, 9.17) is 9.26 Å². The number of benzene rings is 2. The lowest BCUT2D eigenvalue weighted by molar-refractivity contribution is 0.0704. The minimum atomic E-state index is -0.143. The second-order valence-electron chi connectivity index (χ2n) is 7.85. The van der Waals surface area contributed by atoms with Crippen LogP contribution in [0.3, 0.4) is 0 Å². The van der Waals surface area contributed by atoms with Crippen LogP contribution in [-0.2, 0) is 13.0 Å². The molecule has 0 N–H and O–H groups in total. The Labute approximate surface area is 184 Å². The van der Waals surface area contributed by atoms with Crippen molar-refractivity contribution >= 4 is 27.5 Å². The summed E-state index contributed by atoms with van der Waals surface area (Å²) in [6.07, 6.45) is 3.08. The summed E-state index contributed by atoms with van der Waals surface area (Å²) in [4.78, 5) is 19.3. The third-order valence-electron chi connectivity index (χ3n) is 5.75. The monoisotopic (exact) mass is 433 g/mol. The van der Waals surface area contributed by atoms with Gasteiger partial charge in [-0.25, -0.2) is 4.98 Å². The fourth-order valence-electron chi connectivity index (χ4n) is 4.20. The van der Waals surface area contributed by atoms with E-state index in [2.05, 4.69) is 28.3 Å². The average molecular weight is 434 g/mol. The van der Waals surface area contributed by atoms with E-state index in [9.17, 15) is 4.79 Å². The van der Waals surface area contributed by atoms with E-state index in [-0.39, 0.29) is 18.6 Å². The van der Waals surface area contributed by atoms with E-state index >= 15 is 0 Å². The molecule has 0 spiro atoms. The summed E-state index contributed by atoms with van der Waals surface area (Å²) in [5.74, 6) is 1.07. The Kier molecular flexibility index (Phi) is 5.19. The minimum Gasteiger partial charge on any atom is -0.485 e. The van der Waals surface area contributed by atoms with Crippen LogP contribution in [-0.4, -0.2) is 28.0 Å². The van der Waals surface area contributed by atoms with E-state index in [1.807, 2.05) is 38.2 Å². The minimum absolute atomic E-state index is 0.0575. The average Bonchev–Trinajstić information content (AvgIpc) is 3.41. The Hall–Kier alpha value is -3.19. The van der Waals surface area contributed by atoms with Gasteiger partial charge in [-0.15, -0.1) is 11.3 Å². The first-order chi connectivity index (χ1) is 15.1. The fourth-order valence-corrected chi connectivity index (χ4v) is 5.01. The zero-order valence-electron chi connectivity index (χ0n) is 17.5. The van der Waals surface area contributed by atoms with Gasteiger partial charge in [0.15, 0.2) is 11.5 Å². The molecular formula is C24H23N3O3S. The lowest BCUT2D eigenvalue weighted by Gasteiger charge is -2.32. The molecule has 2 aromatic carbocycles. The van der Waals surface area contributed by atoms with Gasteiger partial charge in [-0.3, -0.25) is 4.79 Å². The quantitative estimate of drug-likeness (QED) is 0.426. The van der Waals surface area contributed by atoms with Gasteiger partial charge >= 0.3 is 0 Å². The number of ether oxygens (including phenoxy) is 1. The normalized spacial score (nSPS) is 15.6. The Bertz CT molecular complexity index is 1250. The Morgan fingerprint density at radius 1 is 1.26 bits per heavy atom. The van der Waals surface area contributed by atoms with Crippen molar-refractivity contribution in [1.82, 2.24) is 15.0 Å². The molecule has 0 fully saturated rings. The Morgan fingerprint density at radius 2 is 2.13 bits per heavy atom. The van der Waals surface area contributed by atoms with Crippen LogP contribution in [0.5, 0.6) is 5.75 Å². The van der Waals surface area contributed by atoms with Crippen LogP contribution in [0.4, 0.5) is 0 Å². The second-order valence-corrected chi connectivity index (χ2v) is 9.09. The summed E-state index contributed by atoms with van der Waals surface area (Å²) in [7, 11) is 1.84. The standard InChI is InChI=1S/C24H23N3O3S/c1-15-25-20-12-17(10-11-23(20)31-15)29-14-18-13-21(26-30-18)24(28)27(2)22-9-5-7-16-6-3-4-8-19(16)22/h3-4,6,8,10-13,22H,5,7,9,14H2,1-2H3. The first-order valence-electron chi connectivity index (χ1n) is 10.4. The van der Waals surface area contributed by atoms with Crippen LogP contribution in [0.25, 0.3) is 10.2 Å². The summed E-state index contributed by atoms with van der Waals surface area (Å²) in [6.45, 7) is 2.19. The van der Waals surface area contributed by atoms with Gasteiger partial charge in [-0.2, -0.15) is 0 Å². The molecule has 2 heterocycles. The molecule has 0 aliphatic heterocycles. The predicted octanol–water partition coefficient (Wildman–Crippen LogP) is 5.32. The zero-order chi connectivity index (χ0) is 21.4. The second kappa shape index (κ2) is 8.15. The van der Waals surface area contributed by atoms with Crippen molar-refractivity contribution in [2.75, 3.05) is 7.05 Å². The van der Waals surface area contributed by atoms with Gasteiger partial charge in [-0.05, 0) is 49.4 Å². The fraction of sp³-hybridized carbons (Fsp3) is 0.292. The number of hydrogen-bond acceptors (Lipinski definition) is 6. The molecule has 6 nitrogen and oxygen atoms in total. The highest BCUT2D eigenvalue weighted by Crippen LogP contribution is 2.34. The highest BCUT2D eigenvalue weighted by molar-refractivity contribution is 7.18. The molecule has 5 rings (SSSR count). The van der Waals surface area contributed by atoms with E-state index in [1.165, 1.54) is 11.1 Å². The molecule has 7 heteroatoms. The summed E-state index contributed by atoms with van der Waals surface area (Å²) in [6, 6.07) is 15.9. The number of rotatable bonds is 5. The summed E-state index contributed by atoms with van der Waals surface area (Å²) >= 11 is 1.65. The number of carbonyl (C=O) groups is 1. The number of amides is 1. The lowest BCUT2D eigenvalue weighted by atomic mass is 9.87. The molecular weight excluding hydrogens is 410 g/mol. The van der Waals surface area contributed by atoms with Gasteiger partial charge in [-0.1, -0.05) is 29.4 Å². The topological polar surface area (TPSA) is 68.5 Å². The van der Waals surface area contributed by atoms with Crippen molar-refractivity contribution < 1.29 is 14.1 Å². The highest BCUT2D eigenvalue weighted by Gasteiger charge is 2.28. The van der Waals surface area contributed by atoms with Gasteiger partial charge in [0.25, 0.3) is 5.91 Å².